The number of ether oxygens (including phenoxy) is 15. The lowest BCUT2D eigenvalue weighted by Gasteiger charge is -2.51. The average molecular weight is 1790 g/mol. The standard InChI is InChI=1S/C69H113N7O45S/c1-19(79)36(70-21(3)81)55-38(72-23(5)83)27(87)11-68(120-55,66(103)104)109-17-33-43(91)48(96)51(99)62(113-33)107-15-31-42(90)50(98)53(101)64(115-31)118-58-41(75-26(8)86)61(112-30(14-78)46(58)94)119-59-47(95)32(116-65(54(59)102)117-57-40(74-25(7)85)60(76-35(89)9-10-122)111-29(13-77)45(57)93)16-108-63-52(100)49(97)44(92)34(114-63)18-110-69(67(105)106)12-28(88)39(73-24(6)84)56(121-69)37(20(2)80)71-22(4)82/h19-20,27-34,36-65,77-80,87-88,90-102,122H,9-18H2,1-8H3,(H,70,81)(H,71,82)(H,72,83)(H,73,84)(H,74,85)(H,75,86)(H,76,89)(H,103,104)(H,105,106)/t19-,20-,27?,28?,29?,30?,31?,32?,33?,34?,36-,37-,38-,39-,40?,41?,42-,43+,44+,45-,46-,47-,48?,49?,50?,51?,52-,53?,54?,55?,56?,57?,58?,59?,60+,61-,62+,63+,64-,65-,68-,69-/m0/s1. The Morgan fingerprint density at radius 2 is 0.713 bits per heavy atom. The first-order valence-electron chi connectivity index (χ1n) is 38.7. The van der Waals surface area contributed by atoms with E-state index in [1.807, 2.05) is 0 Å². The van der Waals surface area contributed by atoms with Crippen molar-refractivity contribution in [3.05, 3.63) is 0 Å². The van der Waals surface area contributed by atoms with Gasteiger partial charge in [-0.3, -0.25) is 33.6 Å². The maximum atomic E-state index is 13.4. The summed E-state index contributed by atoms with van der Waals surface area (Å²) in [7, 11) is 0. The molecule has 0 spiro atoms. The summed E-state index contributed by atoms with van der Waals surface area (Å²) in [6.07, 6.45) is -73.9. The second-order valence-corrected chi connectivity index (χ2v) is 31.3. The average Bonchev–Trinajstić information content (AvgIpc) is 0.765. The summed E-state index contributed by atoms with van der Waals surface area (Å²) in [5, 5.41) is 254. The summed E-state index contributed by atoms with van der Waals surface area (Å²) in [4.78, 5) is 115. The first-order valence-corrected chi connectivity index (χ1v) is 39.3. The number of thiol groups is 1. The van der Waals surface area contributed by atoms with Crippen molar-refractivity contribution in [1.82, 2.24) is 37.2 Å². The van der Waals surface area contributed by atoms with Crippen molar-refractivity contribution >= 4 is 65.9 Å². The molecule has 28 N–H and O–H groups in total. The lowest BCUT2D eigenvalue weighted by Crippen LogP contribution is -2.71. The number of aliphatic hydroxyl groups is 19. The van der Waals surface area contributed by atoms with Crippen LogP contribution in [0, 0.1) is 0 Å². The normalized spacial score (nSPS) is 42.9. The minimum Gasteiger partial charge on any atom is -0.477 e. The van der Waals surface area contributed by atoms with Crippen LogP contribution in [0.2, 0.25) is 0 Å². The predicted octanol–water partition coefficient (Wildman–Crippen LogP) is -16.7. The van der Waals surface area contributed by atoms with Crippen molar-refractivity contribution in [2.24, 2.45) is 0 Å². The summed E-state index contributed by atoms with van der Waals surface area (Å²) in [5.74, 6) is -15.7. The van der Waals surface area contributed by atoms with Gasteiger partial charge < -0.3 is 216 Å². The van der Waals surface area contributed by atoms with Crippen LogP contribution in [0.3, 0.4) is 0 Å². The Balaban J connectivity index is 1.06. The van der Waals surface area contributed by atoms with Gasteiger partial charge in [-0.05, 0) is 19.6 Å². The molecule has 0 saturated carbocycles. The molecule has 122 heavy (non-hydrogen) atoms. The number of amides is 7. The Kier molecular flexibility index (Phi) is 36.5. The van der Waals surface area contributed by atoms with Gasteiger partial charge in [-0.25, -0.2) is 9.59 Å². The van der Waals surface area contributed by atoms with Gasteiger partial charge in [0.15, 0.2) is 37.7 Å². The zero-order chi connectivity index (χ0) is 90.9. The number of aliphatic carboxylic acids is 2. The fourth-order valence-corrected chi connectivity index (χ4v) is 15.5. The van der Waals surface area contributed by atoms with Crippen LogP contribution < -0.4 is 37.2 Å². The van der Waals surface area contributed by atoms with Gasteiger partial charge >= 0.3 is 11.9 Å². The molecule has 8 rings (SSSR count). The Labute approximate surface area is 698 Å². The van der Waals surface area contributed by atoms with Crippen molar-refractivity contribution in [2.75, 3.05) is 45.4 Å². The number of nitrogens with one attached hydrogen (secondary N) is 7. The Morgan fingerprint density at radius 3 is 1.09 bits per heavy atom. The van der Waals surface area contributed by atoms with E-state index in [1.165, 1.54) is 6.92 Å². The van der Waals surface area contributed by atoms with Gasteiger partial charge in [0.25, 0.3) is 11.6 Å². The smallest absolute Gasteiger partial charge is 0.364 e. The molecular weight excluding hydrogens is 1680 g/mol. The SMILES string of the molecule is CC(=O)NC1C(O[C@@H]2OC(CO[C@@H]3OC(CO[C@@]4(C(=O)O)CC(O)[C@H](NC(C)=O)C([C@@H](NC(C)=O)[C@H](C)O)O4)[C@@H](O)C(O)C3O)[C@H](O)C(O)C2O)[C@@H](O)C(CO)O[C@H]1OC1C(O)[C@H](OC2C(NC(C)=O)[C@H](NC(=O)CCS)OC(CO)[C@@H]2O)OC(CO[C@@H]2OC(CO[C@@]3(C(=O)O)CC(O)[C@H](NC(C)=O)C([C@@H](NC(C)=O)[C@H](C)O)O3)[C@@H](O)C(O)[C@@H]2O)[C@@H]1O. The maximum Gasteiger partial charge on any atom is 0.364 e. The second kappa shape index (κ2) is 43.8. The van der Waals surface area contributed by atoms with Gasteiger partial charge in [-0.2, -0.15) is 12.6 Å². The lowest BCUT2D eigenvalue weighted by atomic mass is 9.87. The molecule has 8 aliphatic rings. The van der Waals surface area contributed by atoms with Gasteiger partial charge in [0, 0.05) is 60.8 Å². The van der Waals surface area contributed by atoms with Gasteiger partial charge in [0.1, 0.15) is 159 Å². The zero-order valence-electron chi connectivity index (χ0n) is 66.8. The van der Waals surface area contributed by atoms with E-state index in [2.05, 4.69) is 49.8 Å². The molecule has 53 heteroatoms. The molecule has 7 amide bonds. The topological polar surface area (TPSA) is 801 Å². The van der Waals surface area contributed by atoms with Crippen LogP contribution in [0.4, 0.5) is 0 Å². The van der Waals surface area contributed by atoms with Crippen molar-refractivity contribution < 1.29 is 221 Å². The molecule has 0 radical (unpaired) electrons. The van der Waals surface area contributed by atoms with E-state index in [0.29, 0.717) is 0 Å². The highest BCUT2D eigenvalue weighted by Crippen LogP contribution is 2.41. The predicted molar refractivity (Wildman–Crippen MR) is 390 cm³/mol. The summed E-state index contributed by atoms with van der Waals surface area (Å²) >= 11 is 4.06. The lowest BCUT2D eigenvalue weighted by molar-refractivity contribution is -0.379. The minimum atomic E-state index is -3.01. The number of hydrogen-bond acceptors (Lipinski definition) is 44. The Morgan fingerprint density at radius 1 is 0.385 bits per heavy atom. The van der Waals surface area contributed by atoms with Crippen LogP contribution >= 0.6 is 12.6 Å². The number of carbonyl (C=O) groups is 9. The molecular formula is C69H113N7O45S. The maximum absolute atomic E-state index is 13.4. The van der Waals surface area contributed by atoms with Gasteiger partial charge in [-0.1, -0.05) is 0 Å². The summed E-state index contributed by atoms with van der Waals surface area (Å²) in [5.41, 5.74) is 0. The number of aliphatic hydroxyl groups excluding tert-OH is 19. The quantitative estimate of drug-likeness (QED) is 0.0262. The van der Waals surface area contributed by atoms with E-state index >= 15 is 0 Å². The fraction of sp³-hybridized carbons (Fsp3) is 0.870. The van der Waals surface area contributed by atoms with Crippen molar-refractivity contribution in [1.29, 1.82) is 0 Å². The third kappa shape index (κ3) is 24.0. The van der Waals surface area contributed by atoms with Gasteiger partial charge in [-0.15, -0.1) is 0 Å². The van der Waals surface area contributed by atoms with Crippen LogP contribution in [0.15, 0.2) is 0 Å². The highest BCUT2D eigenvalue weighted by molar-refractivity contribution is 7.80. The summed E-state index contributed by atoms with van der Waals surface area (Å²) in [6.45, 7) is 1.54. The second-order valence-electron chi connectivity index (χ2n) is 30.8. The largest absolute Gasteiger partial charge is 0.477 e. The molecule has 8 heterocycles. The third-order valence-electron chi connectivity index (χ3n) is 21.5. The van der Waals surface area contributed by atoms with E-state index in [4.69, 9.17) is 71.1 Å². The zero-order valence-corrected chi connectivity index (χ0v) is 67.7. The van der Waals surface area contributed by atoms with Gasteiger partial charge in [0.05, 0.1) is 88.2 Å². The van der Waals surface area contributed by atoms with Crippen LogP contribution in [-0.4, -0.2) is 462 Å². The summed E-state index contributed by atoms with van der Waals surface area (Å²) < 4.78 is 88.7. The van der Waals surface area contributed by atoms with Crippen LogP contribution in [0.5, 0.6) is 0 Å². The Bertz CT molecular complexity index is 3470. The monoisotopic (exact) mass is 1790 g/mol. The van der Waals surface area contributed by atoms with E-state index in [0.717, 1.165) is 48.5 Å². The van der Waals surface area contributed by atoms with Gasteiger partial charge in [0.2, 0.25) is 41.4 Å². The van der Waals surface area contributed by atoms with E-state index in [9.17, 15) is 150 Å². The first-order chi connectivity index (χ1) is 57.1. The highest BCUT2D eigenvalue weighted by Gasteiger charge is 2.62. The van der Waals surface area contributed by atoms with Crippen LogP contribution in [0.25, 0.3) is 0 Å². The molecule has 0 aliphatic carbocycles. The van der Waals surface area contributed by atoms with Crippen molar-refractivity contribution in [2.45, 2.75) is 331 Å². The number of carboxylic acid groups (broad SMARTS) is 2. The molecule has 21 unspecified atom stereocenters. The van der Waals surface area contributed by atoms with Crippen LogP contribution in [-0.2, 0) is 114 Å². The number of carboxylic acids is 2. The molecule has 42 atom stereocenters. The molecule has 8 saturated heterocycles. The van der Waals surface area contributed by atoms with E-state index in [1.54, 1.807) is 0 Å². The summed E-state index contributed by atoms with van der Waals surface area (Å²) in [6, 6.07) is -9.92. The molecule has 0 bridgehead atoms. The van der Waals surface area contributed by atoms with Crippen molar-refractivity contribution in [3.63, 3.8) is 0 Å². The minimum absolute atomic E-state index is 0.0342. The van der Waals surface area contributed by atoms with E-state index < -0.39 is 362 Å². The highest BCUT2D eigenvalue weighted by atomic mass is 32.1. The Hall–Kier alpha value is -5.78. The van der Waals surface area contributed by atoms with Crippen LogP contribution in [0.1, 0.15) is 74.7 Å². The molecule has 8 fully saturated rings. The third-order valence-corrected chi connectivity index (χ3v) is 21.7. The number of carbonyl (C=O) groups excluding carboxylic acids is 7. The molecule has 8 aliphatic heterocycles. The van der Waals surface area contributed by atoms with E-state index in [-0.39, 0.29) is 12.2 Å². The fourth-order valence-electron chi connectivity index (χ4n) is 15.3. The van der Waals surface area contributed by atoms with Crippen molar-refractivity contribution in [3.8, 4) is 0 Å². The number of rotatable bonds is 35. The molecule has 0 aromatic rings. The molecule has 0 aromatic heterocycles. The molecule has 0 aromatic carbocycles. The number of hydrogen-bond donors (Lipinski definition) is 29. The molecule has 700 valence electrons. The first kappa shape index (κ1) is 102. The molecule has 52 nitrogen and oxygen atoms in total.